The van der Waals surface area contributed by atoms with Crippen molar-refractivity contribution in [2.45, 2.75) is 71.6 Å². The molecular formula is C20H34O5Si2. The minimum Gasteiger partial charge on any atom is -0.520 e. The highest BCUT2D eigenvalue weighted by molar-refractivity contribution is 6.75. The molecule has 27 heavy (non-hydrogen) atoms. The Kier molecular flexibility index (Phi) is 7.16. The summed E-state index contributed by atoms with van der Waals surface area (Å²) in [6.07, 6.45) is 6.43. The minimum atomic E-state index is -2.90. The van der Waals surface area contributed by atoms with Crippen molar-refractivity contribution in [1.29, 1.82) is 0 Å². The molecule has 0 amide bonds. The average molecular weight is 411 g/mol. The summed E-state index contributed by atoms with van der Waals surface area (Å²) >= 11 is 0. The standard InChI is InChI=1S/C20H34O5Si2/c1-5-21-27(22-6-2,23-7-3)19-13-14-20-17(15-19)16-24-26(4,25-20)18-11-9-8-10-12-18/h13-15,18H,5-12,16H2,1-4H3. The zero-order valence-electron chi connectivity index (χ0n) is 17.2. The van der Waals surface area contributed by atoms with Gasteiger partial charge in [-0.1, -0.05) is 25.3 Å². The van der Waals surface area contributed by atoms with Gasteiger partial charge in [-0.3, -0.25) is 0 Å². The maximum Gasteiger partial charge on any atom is 0.537 e. The smallest absolute Gasteiger partial charge is 0.520 e. The van der Waals surface area contributed by atoms with Crippen LogP contribution in [-0.4, -0.2) is 37.2 Å². The lowest BCUT2D eigenvalue weighted by Crippen LogP contribution is -2.57. The van der Waals surface area contributed by atoms with Crippen LogP contribution in [0.15, 0.2) is 18.2 Å². The fraction of sp³-hybridized carbons (Fsp3) is 0.700. The molecule has 1 unspecified atom stereocenters. The van der Waals surface area contributed by atoms with E-state index >= 15 is 0 Å². The molecule has 1 aromatic carbocycles. The molecule has 152 valence electrons. The maximum atomic E-state index is 6.52. The highest BCUT2D eigenvalue weighted by atomic mass is 28.4. The van der Waals surface area contributed by atoms with Gasteiger partial charge < -0.3 is 22.1 Å². The summed E-state index contributed by atoms with van der Waals surface area (Å²) in [6.45, 7) is 10.5. The summed E-state index contributed by atoms with van der Waals surface area (Å²) in [5.74, 6) is 0.970. The van der Waals surface area contributed by atoms with Crippen LogP contribution in [0.4, 0.5) is 0 Å². The quantitative estimate of drug-likeness (QED) is 0.599. The van der Waals surface area contributed by atoms with Crippen molar-refractivity contribution in [3.05, 3.63) is 23.8 Å². The van der Waals surface area contributed by atoms with Crippen molar-refractivity contribution in [2.24, 2.45) is 0 Å². The fourth-order valence-corrected chi connectivity index (χ4v) is 9.75. The van der Waals surface area contributed by atoms with E-state index in [0.29, 0.717) is 32.0 Å². The van der Waals surface area contributed by atoms with Gasteiger partial charge in [-0.2, -0.15) is 0 Å². The van der Waals surface area contributed by atoms with E-state index in [1.165, 1.54) is 32.1 Å². The second-order valence-corrected chi connectivity index (χ2v) is 13.3. The first-order valence-electron chi connectivity index (χ1n) is 10.4. The van der Waals surface area contributed by atoms with Crippen LogP contribution in [0.25, 0.3) is 0 Å². The molecule has 1 aliphatic carbocycles. The van der Waals surface area contributed by atoms with Crippen LogP contribution in [0.1, 0.15) is 58.4 Å². The highest BCUT2D eigenvalue weighted by Gasteiger charge is 2.48. The largest absolute Gasteiger partial charge is 0.537 e. The lowest BCUT2D eigenvalue weighted by Gasteiger charge is -2.40. The molecule has 1 fully saturated rings. The van der Waals surface area contributed by atoms with Gasteiger partial charge in [-0.05, 0) is 52.3 Å². The molecule has 1 heterocycles. The molecular weight excluding hydrogens is 376 g/mol. The molecule has 1 saturated carbocycles. The van der Waals surface area contributed by atoms with Crippen molar-refractivity contribution in [1.82, 2.24) is 0 Å². The molecule has 0 radical (unpaired) electrons. The summed E-state index contributed by atoms with van der Waals surface area (Å²) in [5.41, 5.74) is 1.67. The number of fused-ring (bicyclic) bond motifs is 1. The summed E-state index contributed by atoms with van der Waals surface area (Å²) in [5, 5.41) is 0.988. The van der Waals surface area contributed by atoms with Crippen molar-refractivity contribution in [2.75, 3.05) is 19.8 Å². The van der Waals surface area contributed by atoms with Crippen LogP contribution in [0, 0.1) is 0 Å². The molecule has 0 N–H and O–H groups in total. The second-order valence-electron chi connectivity index (χ2n) is 7.42. The third-order valence-corrected chi connectivity index (χ3v) is 12.0. The Morgan fingerprint density at radius 3 is 2.22 bits per heavy atom. The lowest BCUT2D eigenvalue weighted by atomic mass is 10.0. The molecule has 5 nitrogen and oxygen atoms in total. The minimum absolute atomic E-state index is 0.559. The van der Waals surface area contributed by atoms with Gasteiger partial charge in [0.2, 0.25) is 0 Å². The Bertz CT molecular complexity index is 603. The monoisotopic (exact) mass is 410 g/mol. The summed E-state index contributed by atoms with van der Waals surface area (Å²) < 4.78 is 31.0. The van der Waals surface area contributed by atoms with Crippen LogP contribution < -0.4 is 9.61 Å². The predicted molar refractivity (Wildman–Crippen MR) is 111 cm³/mol. The van der Waals surface area contributed by atoms with E-state index in [0.717, 1.165) is 16.5 Å². The Labute approximate surface area is 165 Å². The third kappa shape index (κ3) is 4.49. The van der Waals surface area contributed by atoms with E-state index in [1.54, 1.807) is 0 Å². The summed E-state index contributed by atoms with van der Waals surface area (Å²) in [7, 11) is -5.08. The Morgan fingerprint density at radius 2 is 1.63 bits per heavy atom. The van der Waals surface area contributed by atoms with E-state index < -0.39 is 17.4 Å². The molecule has 0 aromatic heterocycles. The van der Waals surface area contributed by atoms with Gasteiger partial charge in [-0.25, -0.2) is 0 Å². The highest BCUT2D eigenvalue weighted by Crippen LogP contribution is 2.42. The number of rotatable bonds is 8. The Balaban J connectivity index is 1.84. The molecule has 0 saturated heterocycles. The van der Waals surface area contributed by atoms with Gasteiger partial charge in [0, 0.05) is 36.1 Å². The zero-order chi connectivity index (χ0) is 19.3. The number of benzene rings is 1. The van der Waals surface area contributed by atoms with Gasteiger partial charge in [0.25, 0.3) is 0 Å². The fourth-order valence-electron chi connectivity index (χ4n) is 4.22. The van der Waals surface area contributed by atoms with Gasteiger partial charge in [0.1, 0.15) is 5.75 Å². The first kappa shape index (κ1) is 21.0. The Hall–Kier alpha value is -0.706. The van der Waals surface area contributed by atoms with Crippen molar-refractivity contribution < 1.29 is 22.1 Å². The van der Waals surface area contributed by atoms with Crippen molar-refractivity contribution in [3.63, 3.8) is 0 Å². The summed E-state index contributed by atoms with van der Waals surface area (Å²) in [6, 6.07) is 6.24. The van der Waals surface area contributed by atoms with Crippen LogP contribution >= 0.6 is 0 Å². The van der Waals surface area contributed by atoms with E-state index in [2.05, 4.69) is 24.7 Å². The number of hydrogen-bond donors (Lipinski definition) is 0. The van der Waals surface area contributed by atoms with Crippen LogP contribution in [-0.2, 0) is 24.3 Å². The van der Waals surface area contributed by atoms with E-state index in [1.807, 2.05) is 20.8 Å². The van der Waals surface area contributed by atoms with Gasteiger partial charge in [-0.15, -0.1) is 0 Å². The van der Waals surface area contributed by atoms with Gasteiger partial charge >= 0.3 is 17.4 Å². The van der Waals surface area contributed by atoms with E-state index in [-0.39, 0.29) is 0 Å². The molecule has 0 bridgehead atoms. The SMILES string of the molecule is CCO[Si](OCC)(OCC)c1ccc2c(c1)CO[Si](C)(C1CCCCC1)O2. The molecule has 1 atom stereocenters. The lowest BCUT2D eigenvalue weighted by molar-refractivity contribution is 0.0858. The molecule has 0 spiro atoms. The van der Waals surface area contributed by atoms with Crippen LogP contribution in [0.5, 0.6) is 5.75 Å². The molecule has 2 aliphatic rings. The second kappa shape index (κ2) is 9.19. The first-order chi connectivity index (χ1) is 13.1. The third-order valence-electron chi connectivity index (χ3n) is 5.59. The van der Waals surface area contributed by atoms with Gasteiger partial charge in [0.15, 0.2) is 0 Å². The van der Waals surface area contributed by atoms with Gasteiger partial charge in [0.05, 0.1) is 6.61 Å². The van der Waals surface area contributed by atoms with Crippen molar-refractivity contribution >= 4 is 22.6 Å². The normalized spacial score (nSPS) is 23.7. The maximum absolute atomic E-state index is 6.52. The molecule has 7 heteroatoms. The summed E-state index contributed by atoms with van der Waals surface area (Å²) in [4.78, 5) is 0. The molecule has 3 rings (SSSR count). The average Bonchev–Trinajstić information content (AvgIpc) is 2.69. The van der Waals surface area contributed by atoms with Crippen molar-refractivity contribution in [3.8, 4) is 5.75 Å². The predicted octanol–water partition coefficient (Wildman–Crippen LogP) is 4.26. The molecule has 1 aliphatic heterocycles. The van der Waals surface area contributed by atoms with E-state index in [4.69, 9.17) is 22.1 Å². The number of hydrogen-bond acceptors (Lipinski definition) is 5. The topological polar surface area (TPSA) is 46.2 Å². The Morgan fingerprint density at radius 1 is 1.00 bits per heavy atom. The molecule has 1 aromatic rings. The van der Waals surface area contributed by atoms with E-state index in [9.17, 15) is 0 Å². The van der Waals surface area contributed by atoms with Crippen LogP contribution in [0.2, 0.25) is 12.1 Å². The first-order valence-corrected chi connectivity index (χ1v) is 14.6. The zero-order valence-corrected chi connectivity index (χ0v) is 19.2. The van der Waals surface area contributed by atoms with Crippen LogP contribution in [0.3, 0.4) is 0 Å².